The Kier molecular flexibility index (Phi) is 6.15. The van der Waals surface area contributed by atoms with Gasteiger partial charge < -0.3 is 4.57 Å². The van der Waals surface area contributed by atoms with Gasteiger partial charge in [0.1, 0.15) is 5.52 Å². The Morgan fingerprint density at radius 1 is 1.00 bits per heavy atom. The monoisotopic (exact) mass is 500 g/mol. The minimum absolute atomic E-state index is 0.0176. The van der Waals surface area contributed by atoms with Gasteiger partial charge in [-0.25, -0.2) is 10.4 Å². The van der Waals surface area contributed by atoms with Crippen molar-refractivity contribution < 1.29 is 26.3 Å². The van der Waals surface area contributed by atoms with E-state index < -0.39 is 40.2 Å². The molecule has 0 aliphatic heterocycles. The molecule has 0 amide bonds. The van der Waals surface area contributed by atoms with Crippen molar-refractivity contribution in [3.05, 3.63) is 61.8 Å². The zero-order valence-corrected chi connectivity index (χ0v) is 18.1. The lowest BCUT2D eigenvalue weighted by atomic mass is 10.1. The number of alkyl halides is 6. The molecule has 4 rings (SSSR count). The summed E-state index contributed by atoms with van der Waals surface area (Å²) in [5, 5.41) is 3.66. The second kappa shape index (κ2) is 8.82. The molecule has 2 heterocycles. The van der Waals surface area contributed by atoms with Crippen molar-refractivity contribution in [1.29, 1.82) is 0 Å². The number of anilines is 1. The molecule has 0 unspecified atom stereocenters. The fourth-order valence-electron chi connectivity index (χ4n) is 4.01. The van der Waals surface area contributed by atoms with Gasteiger partial charge in [0.15, 0.2) is 5.65 Å². The number of nitrogens with zero attached hydrogens (tertiary/aromatic N) is 5. The van der Waals surface area contributed by atoms with Crippen LogP contribution in [0, 0.1) is 0 Å². The molecule has 14 heteroatoms. The van der Waals surface area contributed by atoms with E-state index in [2.05, 4.69) is 20.5 Å². The standard InChI is InChI=1S/C21H18F6N6O2/c1-32-15-10-28-19(30-16(15)33(18(35)17(32)34)14-4-2-3-5-14)31-29-9-11-6-12(20(22,23)24)8-13(7-11)21(25,26)27/h6-10,14H,2-5H2,1H3,(H,28,30,31)/b29-9+. The predicted molar refractivity (Wildman–Crippen MR) is 114 cm³/mol. The van der Waals surface area contributed by atoms with Crippen molar-refractivity contribution in [3.8, 4) is 0 Å². The lowest BCUT2D eigenvalue weighted by molar-refractivity contribution is -0.143. The first-order chi connectivity index (χ1) is 16.4. The van der Waals surface area contributed by atoms with Gasteiger partial charge in [-0.2, -0.15) is 36.4 Å². The van der Waals surface area contributed by atoms with Gasteiger partial charge in [-0.05, 0) is 36.6 Å². The number of rotatable bonds is 4. The van der Waals surface area contributed by atoms with Gasteiger partial charge >= 0.3 is 23.5 Å². The molecule has 0 spiro atoms. The summed E-state index contributed by atoms with van der Waals surface area (Å²) in [4.78, 5) is 33.2. The van der Waals surface area contributed by atoms with E-state index in [1.54, 1.807) is 0 Å². The largest absolute Gasteiger partial charge is 0.416 e. The number of halogens is 6. The molecule has 1 aliphatic rings. The average molecular weight is 500 g/mol. The van der Waals surface area contributed by atoms with Crippen LogP contribution in [0.5, 0.6) is 0 Å². The van der Waals surface area contributed by atoms with Crippen LogP contribution in [0.25, 0.3) is 11.2 Å². The van der Waals surface area contributed by atoms with Crippen LogP contribution in [-0.4, -0.2) is 25.3 Å². The Hall–Kier alpha value is -3.71. The minimum Gasteiger partial charge on any atom is -0.303 e. The van der Waals surface area contributed by atoms with Crippen LogP contribution in [0.2, 0.25) is 0 Å². The average Bonchev–Trinajstić information content (AvgIpc) is 3.31. The molecule has 0 atom stereocenters. The Morgan fingerprint density at radius 3 is 2.17 bits per heavy atom. The maximum absolute atomic E-state index is 13.0. The number of benzene rings is 1. The molecule has 0 bridgehead atoms. The molecule has 0 saturated heterocycles. The normalized spacial score (nSPS) is 15.4. The fourth-order valence-corrected chi connectivity index (χ4v) is 4.01. The van der Waals surface area contributed by atoms with Crippen LogP contribution in [0.1, 0.15) is 48.4 Å². The summed E-state index contributed by atoms with van der Waals surface area (Å²) in [6.45, 7) is 0. The van der Waals surface area contributed by atoms with Crippen molar-refractivity contribution in [3.63, 3.8) is 0 Å². The number of hydrazone groups is 1. The van der Waals surface area contributed by atoms with Crippen LogP contribution >= 0.6 is 0 Å². The second-order valence-electron chi connectivity index (χ2n) is 8.09. The van der Waals surface area contributed by atoms with Crippen LogP contribution in [0.4, 0.5) is 32.3 Å². The second-order valence-corrected chi connectivity index (χ2v) is 8.09. The van der Waals surface area contributed by atoms with Crippen molar-refractivity contribution in [1.82, 2.24) is 19.1 Å². The molecule has 186 valence electrons. The van der Waals surface area contributed by atoms with E-state index in [9.17, 15) is 35.9 Å². The molecule has 8 nitrogen and oxygen atoms in total. The SMILES string of the molecule is Cn1c(=O)c(=O)n(C2CCCC2)c2nc(N/N=C/c3cc(C(F)(F)F)cc(C(F)(F)F)c3)ncc21. The zero-order chi connectivity index (χ0) is 25.5. The van der Waals surface area contributed by atoms with Crippen LogP contribution in [0.3, 0.4) is 0 Å². The summed E-state index contributed by atoms with van der Waals surface area (Å²) in [5.74, 6) is -0.165. The molecule has 35 heavy (non-hydrogen) atoms. The van der Waals surface area contributed by atoms with Crippen molar-refractivity contribution >= 4 is 23.3 Å². The summed E-state index contributed by atoms with van der Waals surface area (Å²) >= 11 is 0. The molecule has 1 aliphatic carbocycles. The summed E-state index contributed by atoms with van der Waals surface area (Å²) < 4.78 is 80.6. The third-order valence-corrected chi connectivity index (χ3v) is 5.72. The number of aryl methyl sites for hydroxylation is 1. The lowest BCUT2D eigenvalue weighted by Gasteiger charge is -2.17. The van der Waals surface area contributed by atoms with E-state index in [0.29, 0.717) is 25.0 Å². The summed E-state index contributed by atoms with van der Waals surface area (Å²) in [6, 6.07) is 0.838. The lowest BCUT2D eigenvalue weighted by Crippen LogP contribution is -2.42. The van der Waals surface area contributed by atoms with Crippen LogP contribution in [-0.2, 0) is 19.4 Å². The van der Waals surface area contributed by atoms with Gasteiger partial charge in [0.2, 0.25) is 5.95 Å². The molecule has 1 fully saturated rings. The topological polar surface area (TPSA) is 94.2 Å². The zero-order valence-electron chi connectivity index (χ0n) is 18.1. The molecule has 1 saturated carbocycles. The quantitative estimate of drug-likeness (QED) is 0.252. The van der Waals surface area contributed by atoms with Crippen molar-refractivity contribution in [2.45, 2.75) is 44.1 Å². The molecular formula is C21H18F6N6O2. The minimum atomic E-state index is -4.99. The van der Waals surface area contributed by atoms with Gasteiger partial charge in [-0.15, -0.1) is 0 Å². The summed E-state index contributed by atoms with van der Waals surface area (Å²) in [5.41, 5.74) is -2.09. The maximum Gasteiger partial charge on any atom is 0.416 e. The first kappa shape index (κ1) is 24.4. The number of nitrogens with one attached hydrogen (secondary N) is 1. The fraction of sp³-hybridized carbons (Fsp3) is 0.381. The van der Waals surface area contributed by atoms with Gasteiger partial charge in [0.25, 0.3) is 0 Å². The first-order valence-corrected chi connectivity index (χ1v) is 10.4. The summed E-state index contributed by atoms with van der Waals surface area (Å²) in [7, 11) is 1.39. The van der Waals surface area contributed by atoms with E-state index in [1.165, 1.54) is 17.8 Å². The van der Waals surface area contributed by atoms with Crippen molar-refractivity contribution in [2.24, 2.45) is 12.1 Å². The highest BCUT2D eigenvalue weighted by Gasteiger charge is 2.36. The predicted octanol–water partition coefficient (Wildman–Crippen LogP) is 4.09. The number of aromatic nitrogens is 4. The maximum atomic E-state index is 13.0. The highest BCUT2D eigenvalue weighted by Crippen LogP contribution is 2.36. The van der Waals surface area contributed by atoms with Crippen molar-refractivity contribution in [2.75, 3.05) is 5.43 Å². The molecule has 0 radical (unpaired) electrons. The first-order valence-electron chi connectivity index (χ1n) is 10.4. The van der Waals surface area contributed by atoms with E-state index in [0.717, 1.165) is 23.6 Å². The Balaban J connectivity index is 1.70. The molecule has 1 aromatic carbocycles. The third kappa shape index (κ3) is 4.91. The Bertz CT molecular complexity index is 1390. The molecule has 3 aromatic rings. The number of hydrogen-bond donors (Lipinski definition) is 1. The molecule has 2 aromatic heterocycles. The molecule has 1 N–H and O–H groups in total. The van der Waals surface area contributed by atoms with Gasteiger partial charge in [-0.1, -0.05) is 12.8 Å². The van der Waals surface area contributed by atoms with Crippen LogP contribution < -0.4 is 16.5 Å². The highest BCUT2D eigenvalue weighted by molar-refractivity contribution is 5.81. The smallest absolute Gasteiger partial charge is 0.303 e. The van der Waals surface area contributed by atoms with Crippen LogP contribution in [0.15, 0.2) is 39.1 Å². The van der Waals surface area contributed by atoms with Gasteiger partial charge in [0.05, 0.1) is 23.5 Å². The van der Waals surface area contributed by atoms with Gasteiger partial charge in [-0.3, -0.25) is 14.2 Å². The Morgan fingerprint density at radius 2 is 1.60 bits per heavy atom. The molecular weight excluding hydrogens is 482 g/mol. The van der Waals surface area contributed by atoms with E-state index in [-0.39, 0.29) is 29.2 Å². The number of fused-ring (bicyclic) bond motifs is 1. The van der Waals surface area contributed by atoms with Gasteiger partial charge in [0, 0.05) is 13.1 Å². The van der Waals surface area contributed by atoms with E-state index in [4.69, 9.17) is 0 Å². The van der Waals surface area contributed by atoms with E-state index >= 15 is 0 Å². The summed E-state index contributed by atoms with van der Waals surface area (Å²) in [6.07, 6.45) is -4.80. The Labute approximate surface area is 192 Å². The number of hydrogen-bond acceptors (Lipinski definition) is 6. The highest BCUT2D eigenvalue weighted by atomic mass is 19.4. The third-order valence-electron chi connectivity index (χ3n) is 5.72. The van der Waals surface area contributed by atoms with E-state index in [1.807, 2.05) is 0 Å².